The van der Waals surface area contributed by atoms with Crippen LogP contribution >= 0.6 is 0 Å². The summed E-state index contributed by atoms with van der Waals surface area (Å²) in [6.45, 7) is 6.09. The highest BCUT2D eigenvalue weighted by Crippen LogP contribution is 2.21. The van der Waals surface area contributed by atoms with Crippen LogP contribution in [-0.2, 0) is 9.47 Å². The van der Waals surface area contributed by atoms with E-state index in [2.05, 4.69) is 30.4 Å². The van der Waals surface area contributed by atoms with E-state index in [0.29, 0.717) is 43.6 Å². The predicted molar refractivity (Wildman–Crippen MR) is 130 cm³/mol. The molecule has 2 aliphatic heterocycles. The van der Waals surface area contributed by atoms with E-state index in [-0.39, 0.29) is 6.03 Å². The van der Waals surface area contributed by atoms with Crippen molar-refractivity contribution in [1.82, 2.24) is 15.0 Å². The molecule has 176 valence electrons. The minimum atomic E-state index is -0.334. The molecule has 0 atom stereocenters. The number of rotatable bonds is 5. The van der Waals surface area contributed by atoms with Crippen molar-refractivity contribution in [2.75, 3.05) is 73.0 Å². The Kier molecular flexibility index (Phi) is 6.78. The summed E-state index contributed by atoms with van der Waals surface area (Å²) < 4.78 is 10.8. The Hall–Kier alpha value is -3.76. The lowest BCUT2D eigenvalue weighted by Crippen LogP contribution is -2.36. The number of nitrogens with zero attached hydrogens (tertiary/aromatic N) is 5. The smallest absolute Gasteiger partial charge is 0.323 e. The van der Waals surface area contributed by atoms with Crippen molar-refractivity contribution in [1.29, 1.82) is 0 Å². The van der Waals surface area contributed by atoms with Crippen LogP contribution in [0.25, 0.3) is 11.4 Å². The summed E-state index contributed by atoms with van der Waals surface area (Å²) in [6, 6.07) is 12.8. The van der Waals surface area contributed by atoms with E-state index >= 15 is 0 Å². The van der Waals surface area contributed by atoms with Crippen LogP contribution < -0.4 is 20.4 Å². The van der Waals surface area contributed by atoms with Crippen LogP contribution in [0.2, 0.25) is 0 Å². The molecule has 34 heavy (non-hydrogen) atoms. The summed E-state index contributed by atoms with van der Waals surface area (Å²) in [5.74, 6) is 2.42. The molecule has 2 fully saturated rings. The van der Waals surface area contributed by atoms with Gasteiger partial charge in [-0.3, -0.25) is 0 Å². The minimum absolute atomic E-state index is 0.334. The number of hydrogen-bond donors (Lipinski definition) is 2. The molecule has 0 spiro atoms. The summed E-state index contributed by atoms with van der Waals surface area (Å²) in [7, 11) is 0. The van der Waals surface area contributed by atoms with Gasteiger partial charge in [0.05, 0.1) is 38.3 Å². The zero-order valence-electron chi connectivity index (χ0n) is 18.8. The second-order valence-electron chi connectivity index (χ2n) is 8.00. The Balaban J connectivity index is 1.18. The fraction of sp³-hybridized carbons (Fsp3) is 0.333. The fourth-order valence-electron chi connectivity index (χ4n) is 3.89. The van der Waals surface area contributed by atoms with Gasteiger partial charge in [0, 0.05) is 43.6 Å². The van der Waals surface area contributed by atoms with Crippen LogP contribution in [0.3, 0.4) is 0 Å². The van der Waals surface area contributed by atoms with Crippen LogP contribution in [0.5, 0.6) is 0 Å². The maximum absolute atomic E-state index is 12.4. The zero-order chi connectivity index (χ0) is 23.2. The number of anilines is 4. The lowest BCUT2D eigenvalue weighted by Gasteiger charge is -2.27. The molecular weight excluding hydrogens is 434 g/mol. The van der Waals surface area contributed by atoms with Crippen molar-refractivity contribution in [2.45, 2.75) is 0 Å². The number of nitrogens with one attached hydrogen (secondary N) is 2. The monoisotopic (exact) mass is 461 g/mol. The molecule has 10 heteroatoms. The van der Waals surface area contributed by atoms with Gasteiger partial charge >= 0.3 is 6.03 Å². The highest BCUT2D eigenvalue weighted by Gasteiger charge is 2.14. The Labute approximate surface area is 197 Å². The first-order valence-corrected chi connectivity index (χ1v) is 11.4. The molecule has 2 N–H and O–H groups in total. The number of carbonyl (C=O) groups is 1. The number of benzene rings is 1. The summed E-state index contributed by atoms with van der Waals surface area (Å²) in [6.07, 6.45) is 3.43. The second kappa shape index (κ2) is 10.4. The Morgan fingerprint density at radius 1 is 0.735 bits per heavy atom. The van der Waals surface area contributed by atoms with E-state index in [1.54, 1.807) is 12.4 Å². The largest absolute Gasteiger partial charge is 0.378 e. The van der Waals surface area contributed by atoms with Crippen LogP contribution in [0.15, 0.2) is 54.9 Å². The first-order chi connectivity index (χ1) is 16.7. The maximum atomic E-state index is 12.4. The molecule has 0 saturated carbocycles. The molecule has 2 amide bonds. The molecule has 0 unspecified atom stereocenters. The van der Waals surface area contributed by atoms with E-state index in [9.17, 15) is 4.79 Å². The Bertz CT molecular complexity index is 1100. The van der Waals surface area contributed by atoms with Gasteiger partial charge in [-0.2, -0.15) is 0 Å². The highest BCUT2D eigenvalue weighted by molar-refractivity contribution is 5.99. The number of urea groups is 1. The lowest BCUT2D eigenvalue weighted by atomic mass is 10.2. The standard InChI is InChI=1S/C24H27N7O3/c32-24(28-20-5-6-21(26-17-20)30-9-13-33-14-10-30)27-19-3-1-18(2-4-19)23-25-8-7-22(29-23)31-11-15-34-16-12-31/h1-8,17H,9-16H2,(H2,27,28,32). The molecule has 4 heterocycles. The molecular formula is C24H27N7O3. The van der Waals surface area contributed by atoms with Gasteiger partial charge in [0.25, 0.3) is 0 Å². The number of amides is 2. The second-order valence-corrected chi connectivity index (χ2v) is 8.00. The van der Waals surface area contributed by atoms with Crippen molar-refractivity contribution < 1.29 is 14.3 Å². The van der Waals surface area contributed by atoms with Gasteiger partial charge in [-0.05, 0) is 42.5 Å². The molecule has 1 aromatic carbocycles. The molecule has 5 rings (SSSR count). The van der Waals surface area contributed by atoms with E-state index in [4.69, 9.17) is 14.5 Å². The van der Waals surface area contributed by atoms with E-state index < -0.39 is 0 Å². The quantitative estimate of drug-likeness (QED) is 0.598. The van der Waals surface area contributed by atoms with Crippen molar-refractivity contribution in [3.8, 4) is 11.4 Å². The van der Waals surface area contributed by atoms with Crippen molar-refractivity contribution >= 4 is 29.0 Å². The van der Waals surface area contributed by atoms with Gasteiger partial charge in [0.2, 0.25) is 0 Å². The number of ether oxygens (including phenoxy) is 2. The molecule has 0 bridgehead atoms. The molecule has 2 aromatic heterocycles. The first kappa shape index (κ1) is 22.1. The van der Waals surface area contributed by atoms with Crippen molar-refractivity contribution in [2.24, 2.45) is 0 Å². The summed E-state index contributed by atoms with van der Waals surface area (Å²) in [5, 5.41) is 5.66. The third-order valence-corrected chi connectivity index (χ3v) is 5.72. The third-order valence-electron chi connectivity index (χ3n) is 5.72. The molecule has 2 aliphatic rings. The number of carbonyl (C=O) groups excluding carboxylic acids is 1. The van der Waals surface area contributed by atoms with E-state index in [1.165, 1.54) is 0 Å². The SMILES string of the molecule is O=C(Nc1ccc(-c2nccc(N3CCOCC3)n2)cc1)Nc1ccc(N2CCOCC2)nc1. The lowest BCUT2D eigenvalue weighted by molar-refractivity contribution is 0.122. The third kappa shape index (κ3) is 5.41. The van der Waals surface area contributed by atoms with E-state index in [1.807, 2.05) is 42.5 Å². The summed E-state index contributed by atoms with van der Waals surface area (Å²) >= 11 is 0. The summed E-state index contributed by atoms with van der Waals surface area (Å²) in [4.78, 5) is 30.3. The normalized spacial score (nSPS) is 16.2. The van der Waals surface area contributed by atoms with Crippen molar-refractivity contribution in [3.05, 3.63) is 54.9 Å². The van der Waals surface area contributed by atoms with Crippen molar-refractivity contribution in [3.63, 3.8) is 0 Å². The Morgan fingerprint density at radius 3 is 2.00 bits per heavy atom. The van der Waals surface area contributed by atoms with Gasteiger partial charge < -0.3 is 29.9 Å². The van der Waals surface area contributed by atoms with Gasteiger partial charge in [-0.15, -0.1) is 0 Å². The number of morpholine rings is 2. The zero-order valence-corrected chi connectivity index (χ0v) is 18.8. The topological polar surface area (TPSA) is 105 Å². The number of pyridine rings is 1. The molecule has 0 radical (unpaired) electrons. The average Bonchev–Trinajstić information content (AvgIpc) is 2.91. The Morgan fingerprint density at radius 2 is 1.35 bits per heavy atom. The fourth-order valence-corrected chi connectivity index (χ4v) is 3.89. The van der Waals surface area contributed by atoms with Crippen LogP contribution in [0, 0.1) is 0 Å². The molecule has 3 aromatic rings. The van der Waals surface area contributed by atoms with Gasteiger partial charge in [-0.25, -0.2) is 19.7 Å². The molecule has 10 nitrogen and oxygen atoms in total. The number of hydrogen-bond acceptors (Lipinski definition) is 8. The van der Waals surface area contributed by atoms with Crippen LogP contribution in [-0.4, -0.2) is 73.6 Å². The minimum Gasteiger partial charge on any atom is -0.378 e. The molecule has 0 aliphatic carbocycles. The predicted octanol–water partition coefficient (Wildman–Crippen LogP) is 2.86. The van der Waals surface area contributed by atoms with Gasteiger partial charge in [-0.1, -0.05) is 0 Å². The first-order valence-electron chi connectivity index (χ1n) is 11.4. The molecule has 2 saturated heterocycles. The van der Waals surface area contributed by atoms with Crippen LogP contribution in [0.1, 0.15) is 0 Å². The van der Waals surface area contributed by atoms with Crippen LogP contribution in [0.4, 0.5) is 27.8 Å². The highest BCUT2D eigenvalue weighted by atomic mass is 16.5. The average molecular weight is 462 g/mol. The van der Waals surface area contributed by atoms with Gasteiger partial charge in [0.15, 0.2) is 5.82 Å². The van der Waals surface area contributed by atoms with Gasteiger partial charge in [0.1, 0.15) is 11.6 Å². The maximum Gasteiger partial charge on any atom is 0.323 e. The number of aromatic nitrogens is 3. The summed E-state index contributed by atoms with van der Waals surface area (Å²) in [5.41, 5.74) is 2.17. The van der Waals surface area contributed by atoms with E-state index in [0.717, 1.165) is 43.4 Å².